The standard InChI is InChI=1S/C14H29N3O3/c1-6-8-9-12(13(18)19)15-14(20)17(7-2)11(3)10-16(4)5/h11-12H,6-10H2,1-5H3,(H,15,20)(H,18,19). The molecule has 2 amide bonds. The number of carboxylic acids is 1. The van der Waals surface area contributed by atoms with E-state index in [0.29, 0.717) is 13.0 Å². The van der Waals surface area contributed by atoms with E-state index in [0.717, 1.165) is 19.4 Å². The second-order valence-corrected chi connectivity index (χ2v) is 5.38. The Labute approximate surface area is 122 Å². The summed E-state index contributed by atoms with van der Waals surface area (Å²) in [5.41, 5.74) is 0. The highest BCUT2D eigenvalue weighted by atomic mass is 16.4. The van der Waals surface area contributed by atoms with Crippen LogP contribution in [-0.4, -0.2) is 66.2 Å². The molecule has 118 valence electrons. The van der Waals surface area contributed by atoms with Gasteiger partial charge in [0.2, 0.25) is 0 Å². The molecule has 2 atom stereocenters. The van der Waals surface area contributed by atoms with Crippen LogP contribution in [0.1, 0.15) is 40.0 Å². The Morgan fingerprint density at radius 1 is 1.25 bits per heavy atom. The van der Waals surface area contributed by atoms with Crippen molar-refractivity contribution in [3.05, 3.63) is 0 Å². The topological polar surface area (TPSA) is 72.9 Å². The van der Waals surface area contributed by atoms with Crippen molar-refractivity contribution in [3.8, 4) is 0 Å². The first kappa shape index (κ1) is 18.7. The van der Waals surface area contributed by atoms with Crippen LogP contribution < -0.4 is 5.32 Å². The quantitative estimate of drug-likeness (QED) is 0.676. The lowest BCUT2D eigenvalue weighted by molar-refractivity contribution is -0.139. The zero-order valence-corrected chi connectivity index (χ0v) is 13.3. The molecule has 6 heteroatoms. The molecule has 0 aliphatic heterocycles. The first-order valence-electron chi connectivity index (χ1n) is 7.28. The molecule has 0 saturated heterocycles. The normalized spacial score (nSPS) is 13.9. The SMILES string of the molecule is CCCCC(NC(=O)N(CC)C(C)CN(C)C)C(=O)O. The van der Waals surface area contributed by atoms with E-state index in [1.165, 1.54) is 0 Å². The van der Waals surface area contributed by atoms with Crippen LogP contribution in [0, 0.1) is 0 Å². The van der Waals surface area contributed by atoms with Crippen molar-refractivity contribution < 1.29 is 14.7 Å². The molecule has 0 aliphatic carbocycles. The molecule has 0 rings (SSSR count). The van der Waals surface area contributed by atoms with E-state index < -0.39 is 12.0 Å². The molecule has 6 nitrogen and oxygen atoms in total. The van der Waals surface area contributed by atoms with Crippen molar-refractivity contribution in [2.45, 2.75) is 52.1 Å². The number of amides is 2. The van der Waals surface area contributed by atoms with Gasteiger partial charge in [-0.3, -0.25) is 0 Å². The van der Waals surface area contributed by atoms with Crippen molar-refractivity contribution in [2.24, 2.45) is 0 Å². The number of nitrogens with zero attached hydrogens (tertiary/aromatic N) is 2. The van der Waals surface area contributed by atoms with E-state index >= 15 is 0 Å². The highest BCUT2D eigenvalue weighted by Gasteiger charge is 2.24. The summed E-state index contributed by atoms with van der Waals surface area (Å²) in [6.07, 6.45) is 2.17. The molecule has 20 heavy (non-hydrogen) atoms. The van der Waals surface area contributed by atoms with E-state index in [1.807, 2.05) is 39.8 Å². The molecule has 0 heterocycles. The van der Waals surface area contributed by atoms with Gasteiger partial charge in [-0.1, -0.05) is 19.8 Å². The summed E-state index contributed by atoms with van der Waals surface area (Å²) in [7, 11) is 3.90. The third-order valence-corrected chi connectivity index (χ3v) is 3.21. The van der Waals surface area contributed by atoms with Crippen LogP contribution in [0.2, 0.25) is 0 Å². The fourth-order valence-electron chi connectivity index (χ4n) is 2.18. The van der Waals surface area contributed by atoms with Gasteiger partial charge < -0.3 is 20.2 Å². The second kappa shape index (κ2) is 9.58. The van der Waals surface area contributed by atoms with Crippen molar-refractivity contribution in [1.82, 2.24) is 15.1 Å². The largest absolute Gasteiger partial charge is 0.480 e. The third kappa shape index (κ3) is 6.75. The molecule has 0 aromatic heterocycles. The Hall–Kier alpha value is -1.30. The number of carboxylic acid groups (broad SMARTS) is 1. The molecular formula is C14H29N3O3. The van der Waals surface area contributed by atoms with Gasteiger partial charge in [0.25, 0.3) is 0 Å². The molecule has 0 radical (unpaired) electrons. The summed E-state index contributed by atoms with van der Waals surface area (Å²) < 4.78 is 0. The van der Waals surface area contributed by atoms with Gasteiger partial charge in [0.05, 0.1) is 0 Å². The monoisotopic (exact) mass is 287 g/mol. The van der Waals surface area contributed by atoms with Gasteiger partial charge in [-0.25, -0.2) is 9.59 Å². The van der Waals surface area contributed by atoms with Crippen molar-refractivity contribution in [2.75, 3.05) is 27.2 Å². The molecule has 0 spiro atoms. The predicted molar refractivity (Wildman–Crippen MR) is 79.9 cm³/mol. The maximum atomic E-state index is 12.2. The molecule has 2 N–H and O–H groups in total. The number of likely N-dealkylation sites (N-methyl/N-ethyl adjacent to an activating group) is 2. The number of carbonyl (C=O) groups excluding carboxylic acids is 1. The average Bonchev–Trinajstić information content (AvgIpc) is 2.33. The van der Waals surface area contributed by atoms with Crippen LogP contribution in [0.4, 0.5) is 4.79 Å². The first-order valence-corrected chi connectivity index (χ1v) is 7.28. The van der Waals surface area contributed by atoms with Crippen molar-refractivity contribution in [3.63, 3.8) is 0 Å². The fraction of sp³-hybridized carbons (Fsp3) is 0.857. The van der Waals surface area contributed by atoms with Crippen LogP contribution in [-0.2, 0) is 4.79 Å². The maximum Gasteiger partial charge on any atom is 0.326 e. The summed E-state index contributed by atoms with van der Waals surface area (Å²) in [5.74, 6) is -0.969. The molecule has 0 aliphatic rings. The lowest BCUT2D eigenvalue weighted by atomic mass is 10.1. The summed E-state index contributed by atoms with van der Waals surface area (Å²) in [5, 5.41) is 11.8. The predicted octanol–water partition coefficient (Wildman–Crippen LogP) is 1.61. The van der Waals surface area contributed by atoms with Gasteiger partial charge in [0, 0.05) is 19.1 Å². The van der Waals surface area contributed by atoms with Crippen LogP contribution in [0.3, 0.4) is 0 Å². The summed E-state index contributed by atoms with van der Waals surface area (Å²) in [4.78, 5) is 27.0. The number of nitrogens with one attached hydrogen (secondary N) is 1. The van der Waals surface area contributed by atoms with Crippen LogP contribution in [0.5, 0.6) is 0 Å². The van der Waals surface area contributed by atoms with Crippen LogP contribution >= 0.6 is 0 Å². The molecule has 0 saturated carbocycles. The minimum Gasteiger partial charge on any atom is -0.480 e. The van der Waals surface area contributed by atoms with Gasteiger partial charge >= 0.3 is 12.0 Å². The Kier molecular flexibility index (Phi) is 8.96. The van der Waals surface area contributed by atoms with Gasteiger partial charge in [-0.15, -0.1) is 0 Å². The summed E-state index contributed by atoms with van der Waals surface area (Å²) in [6.45, 7) is 7.16. The van der Waals surface area contributed by atoms with E-state index in [1.54, 1.807) is 4.90 Å². The Morgan fingerprint density at radius 3 is 2.25 bits per heavy atom. The number of urea groups is 1. The highest BCUT2D eigenvalue weighted by Crippen LogP contribution is 2.05. The molecule has 0 bridgehead atoms. The number of hydrogen-bond acceptors (Lipinski definition) is 3. The minimum absolute atomic E-state index is 0.0376. The number of carbonyl (C=O) groups is 2. The molecule has 0 aromatic carbocycles. The smallest absolute Gasteiger partial charge is 0.326 e. The lowest BCUT2D eigenvalue weighted by Gasteiger charge is -2.31. The van der Waals surface area contributed by atoms with Gasteiger partial charge in [-0.2, -0.15) is 0 Å². The molecular weight excluding hydrogens is 258 g/mol. The van der Waals surface area contributed by atoms with E-state index in [4.69, 9.17) is 5.11 Å². The number of rotatable bonds is 9. The lowest BCUT2D eigenvalue weighted by Crippen LogP contribution is -2.52. The fourth-order valence-corrected chi connectivity index (χ4v) is 2.18. The maximum absolute atomic E-state index is 12.2. The van der Waals surface area contributed by atoms with Gasteiger partial charge in [-0.05, 0) is 34.4 Å². The molecule has 0 aromatic rings. The third-order valence-electron chi connectivity index (χ3n) is 3.21. The number of aliphatic carboxylic acids is 1. The summed E-state index contributed by atoms with van der Waals surface area (Å²) >= 11 is 0. The van der Waals surface area contributed by atoms with Crippen LogP contribution in [0.15, 0.2) is 0 Å². The van der Waals surface area contributed by atoms with Gasteiger partial charge in [0.15, 0.2) is 0 Å². The Balaban J connectivity index is 4.61. The first-order chi connectivity index (χ1) is 9.33. The number of hydrogen-bond donors (Lipinski definition) is 2. The minimum atomic E-state index is -0.969. The highest BCUT2D eigenvalue weighted by molar-refractivity contribution is 5.82. The molecule has 2 unspecified atom stereocenters. The second-order valence-electron chi connectivity index (χ2n) is 5.38. The Bertz CT molecular complexity index is 308. The molecule has 0 fully saturated rings. The average molecular weight is 287 g/mol. The van der Waals surface area contributed by atoms with E-state index in [-0.39, 0.29) is 12.1 Å². The van der Waals surface area contributed by atoms with Crippen molar-refractivity contribution >= 4 is 12.0 Å². The van der Waals surface area contributed by atoms with Crippen LogP contribution in [0.25, 0.3) is 0 Å². The zero-order valence-electron chi connectivity index (χ0n) is 13.3. The van der Waals surface area contributed by atoms with E-state index in [9.17, 15) is 9.59 Å². The Morgan fingerprint density at radius 2 is 1.85 bits per heavy atom. The zero-order chi connectivity index (χ0) is 15.7. The summed E-state index contributed by atoms with van der Waals surface area (Å²) in [6, 6.07) is -1.07. The van der Waals surface area contributed by atoms with E-state index in [2.05, 4.69) is 5.32 Å². The van der Waals surface area contributed by atoms with Gasteiger partial charge in [0.1, 0.15) is 6.04 Å². The van der Waals surface area contributed by atoms with Crippen molar-refractivity contribution in [1.29, 1.82) is 0 Å². The number of unbranched alkanes of at least 4 members (excludes halogenated alkanes) is 1.